The maximum atomic E-state index is 12.9. The van der Waals surface area contributed by atoms with Gasteiger partial charge >= 0.3 is 29.5 Å². The number of phosphoric acid groups is 3. The summed E-state index contributed by atoms with van der Waals surface area (Å²) in [5, 5.41) is 5.45. The Bertz CT molecular complexity index is 1720. The minimum Gasteiger partial charge on any atom is -0.376 e. The summed E-state index contributed by atoms with van der Waals surface area (Å²) in [6, 6.07) is -0.414. The average molecular weight is 889 g/mol. The smallest absolute Gasteiger partial charge is 0.376 e. The first-order valence-electron chi connectivity index (χ1n) is 15.3. The van der Waals surface area contributed by atoms with E-state index in [1.54, 1.807) is 27.8 Å². The lowest BCUT2D eigenvalue weighted by atomic mass is 10.2. The van der Waals surface area contributed by atoms with Crippen molar-refractivity contribution in [3.05, 3.63) is 22.1 Å². The van der Waals surface area contributed by atoms with E-state index in [2.05, 4.69) is 48.0 Å². The van der Waals surface area contributed by atoms with Crippen molar-refractivity contribution >= 4 is 89.7 Å². The average Bonchev–Trinajstić information content (AvgIpc) is 3.39. The zero-order chi connectivity index (χ0) is 39.5. The number of nitrogens with one attached hydrogen (secondary N) is 3. The molecule has 0 radical (unpaired) electrons. The standard InChI is InChI=1S/C25H43N6O15P3S4/c1-4-51-53-16-42-12-7-5-6-10-27-25(33)28-11-8-9-18-13-31(22-21(18)23(32)30-24(26)29-22)14-19(43-17-52-50-3)20(41-2)15-44-48(37,38)46-49(39,40)45-47(34,35)36/h13,19-20H,4-7,10-12,14-17H2,1-3H3,(H,37,38)(H,39,40)(H2,27,28,33)(H2,34,35,36)(H3,26,29,30,32)/t19-,20+/m0/s1. The summed E-state index contributed by atoms with van der Waals surface area (Å²) in [5.41, 5.74) is 5.54. The predicted molar refractivity (Wildman–Crippen MR) is 205 cm³/mol. The van der Waals surface area contributed by atoms with Gasteiger partial charge in [-0.15, -0.1) is 0 Å². The van der Waals surface area contributed by atoms with Gasteiger partial charge in [0.2, 0.25) is 5.95 Å². The molecule has 0 aromatic carbocycles. The summed E-state index contributed by atoms with van der Waals surface area (Å²) in [5.74, 6) is 7.18. The molecule has 2 aromatic rings. The molecular formula is C25H43N6O15P3S4. The Morgan fingerprint density at radius 1 is 1.06 bits per heavy atom. The number of aromatic amines is 1. The van der Waals surface area contributed by atoms with Crippen molar-refractivity contribution in [1.29, 1.82) is 0 Å². The molecule has 0 saturated heterocycles. The van der Waals surface area contributed by atoms with Crippen molar-refractivity contribution in [1.82, 2.24) is 25.2 Å². The molecule has 53 heavy (non-hydrogen) atoms. The minimum absolute atomic E-state index is 0.0515. The number of anilines is 1. The quantitative estimate of drug-likeness (QED) is 0.0221. The summed E-state index contributed by atoms with van der Waals surface area (Å²) in [6.45, 7) is 2.22. The van der Waals surface area contributed by atoms with Crippen molar-refractivity contribution in [2.45, 2.75) is 44.9 Å². The second-order valence-electron chi connectivity index (χ2n) is 10.1. The van der Waals surface area contributed by atoms with Crippen LogP contribution in [0.3, 0.4) is 0 Å². The van der Waals surface area contributed by atoms with Crippen molar-refractivity contribution in [3.8, 4) is 11.8 Å². The molecule has 0 aliphatic carbocycles. The number of urea groups is 1. The van der Waals surface area contributed by atoms with Crippen LogP contribution in [-0.2, 0) is 47.6 Å². The fourth-order valence-corrected chi connectivity index (χ4v) is 9.26. The first-order chi connectivity index (χ1) is 25.0. The van der Waals surface area contributed by atoms with E-state index in [1.807, 2.05) is 0 Å². The van der Waals surface area contributed by atoms with E-state index in [4.69, 9.17) is 34.3 Å². The number of carbonyl (C=O) groups is 1. The van der Waals surface area contributed by atoms with Crippen LogP contribution in [-0.4, -0.2) is 110 Å². The molecule has 9 N–H and O–H groups in total. The van der Waals surface area contributed by atoms with Crippen LogP contribution in [0, 0.1) is 11.8 Å². The van der Waals surface area contributed by atoms with Crippen LogP contribution in [0.25, 0.3) is 11.0 Å². The molecule has 0 saturated carbocycles. The highest BCUT2D eigenvalue weighted by Crippen LogP contribution is 2.66. The van der Waals surface area contributed by atoms with Gasteiger partial charge in [-0.1, -0.05) is 61.9 Å². The highest BCUT2D eigenvalue weighted by molar-refractivity contribution is 8.76. The number of phosphoric ester groups is 1. The van der Waals surface area contributed by atoms with Crippen LogP contribution in [0.4, 0.5) is 10.7 Å². The fourth-order valence-electron chi connectivity index (χ4n) is 4.12. The third-order valence-electron chi connectivity index (χ3n) is 6.25. The zero-order valence-corrected chi connectivity index (χ0v) is 34.7. The number of hydrogen-bond donors (Lipinski definition) is 8. The van der Waals surface area contributed by atoms with Gasteiger partial charge in [0, 0.05) is 32.2 Å². The van der Waals surface area contributed by atoms with E-state index in [9.17, 15) is 33.1 Å². The molecule has 2 unspecified atom stereocenters. The second kappa shape index (κ2) is 24.4. The van der Waals surface area contributed by atoms with Crippen LogP contribution >= 0.6 is 66.6 Å². The van der Waals surface area contributed by atoms with Crippen molar-refractivity contribution in [2.24, 2.45) is 0 Å². The van der Waals surface area contributed by atoms with Crippen molar-refractivity contribution in [2.75, 3.05) is 63.0 Å². The molecule has 28 heteroatoms. The van der Waals surface area contributed by atoms with Gasteiger partial charge in [-0.05, 0) is 25.5 Å². The Morgan fingerprint density at radius 3 is 2.49 bits per heavy atom. The Kier molecular flexibility index (Phi) is 22.0. The predicted octanol–water partition coefficient (Wildman–Crippen LogP) is 3.22. The van der Waals surface area contributed by atoms with Gasteiger partial charge in [0.1, 0.15) is 24.1 Å². The number of unbranched alkanes of at least 4 members (excludes halogenated alkanes) is 2. The monoisotopic (exact) mass is 888 g/mol. The maximum absolute atomic E-state index is 12.9. The van der Waals surface area contributed by atoms with Crippen LogP contribution in [0.5, 0.6) is 0 Å². The third-order valence-corrected chi connectivity index (χ3v) is 13.7. The summed E-state index contributed by atoms with van der Waals surface area (Å²) >= 11 is 0. The van der Waals surface area contributed by atoms with Crippen LogP contribution in [0.1, 0.15) is 31.7 Å². The Balaban J connectivity index is 2.12. The second-order valence-corrected chi connectivity index (χ2v) is 19.8. The molecule has 2 rings (SSSR count). The maximum Gasteiger partial charge on any atom is 0.490 e. The molecule has 21 nitrogen and oxygen atoms in total. The molecular weight excluding hydrogens is 845 g/mol. The van der Waals surface area contributed by atoms with Gasteiger partial charge in [0.15, 0.2) is 5.65 Å². The number of carbonyl (C=O) groups excluding carboxylic acids is 1. The van der Waals surface area contributed by atoms with Crippen LogP contribution < -0.4 is 21.9 Å². The summed E-state index contributed by atoms with van der Waals surface area (Å²) in [7, 11) is -9.52. The number of fused-ring (bicyclic) bond motifs is 1. The highest BCUT2D eigenvalue weighted by atomic mass is 33.1. The molecule has 0 fully saturated rings. The van der Waals surface area contributed by atoms with E-state index < -0.39 is 53.9 Å². The number of nitrogens with zero attached hydrogens (tertiary/aromatic N) is 2. The highest BCUT2D eigenvalue weighted by Gasteiger charge is 2.41. The third kappa shape index (κ3) is 19.4. The van der Waals surface area contributed by atoms with E-state index in [0.717, 1.165) is 25.0 Å². The minimum atomic E-state index is -5.75. The van der Waals surface area contributed by atoms with Crippen molar-refractivity contribution < 1.29 is 65.4 Å². The van der Waals surface area contributed by atoms with Gasteiger partial charge < -0.3 is 54.7 Å². The number of methoxy groups -OCH3 is 1. The van der Waals surface area contributed by atoms with E-state index >= 15 is 0 Å². The molecule has 302 valence electrons. The molecule has 0 aliphatic heterocycles. The van der Waals surface area contributed by atoms with Gasteiger partial charge in [0.25, 0.3) is 5.56 Å². The Labute approximate surface area is 320 Å². The molecule has 0 bridgehead atoms. The summed E-state index contributed by atoms with van der Waals surface area (Å²) in [4.78, 5) is 68.7. The van der Waals surface area contributed by atoms with E-state index in [1.165, 1.54) is 39.5 Å². The van der Waals surface area contributed by atoms with Crippen LogP contribution in [0.2, 0.25) is 0 Å². The Morgan fingerprint density at radius 2 is 1.81 bits per heavy atom. The number of hydrogen-bond acceptors (Lipinski definition) is 17. The molecule has 2 amide bonds. The van der Waals surface area contributed by atoms with Gasteiger partial charge in [-0.25, -0.2) is 18.5 Å². The topological polar surface area (TPSA) is 305 Å². The number of amides is 2. The first-order valence-corrected chi connectivity index (χ1v) is 25.0. The Hall–Kier alpha value is -1.26. The molecule has 4 atom stereocenters. The normalized spacial score (nSPS) is 15.2. The number of nitrogens with two attached hydrogens (primary N) is 1. The van der Waals surface area contributed by atoms with Crippen molar-refractivity contribution in [3.63, 3.8) is 0 Å². The molecule has 2 heterocycles. The fraction of sp³-hybridized carbons (Fsp3) is 0.640. The number of nitrogen functional groups attached to an aromatic ring is 1. The molecule has 0 spiro atoms. The lowest BCUT2D eigenvalue weighted by Crippen LogP contribution is -2.38. The lowest BCUT2D eigenvalue weighted by Gasteiger charge is -2.27. The van der Waals surface area contributed by atoms with Gasteiger partial charge in [-0.2, -0.15) is 13.6 Å². The lowest BCUT2D eigenvalue weighted by molar-refractivity contribution is -0.0684. The molecule has 0 aliphatic rings. The number of aromatic nitrogens is 3. The summed E-state index contributed by atoms with van der Waals surface area (Å²) < 4.78 is 65.6. The zero-order valence-electron chi connectivity index (χ0n) is 28.7. The number of rotatable bonds is 26. The van der Waals surface area contributed by atoms with Gasteiger partial charge in [-0.3, -0.25) is 14.3 Å². The SMILES string of the molecule is CCSSCOCCCCCNC(=O)NCC#Cc1cn(C[C@H](OCSSC)[C@@H](COP(=O)(O)OP(=O)(O)OP(=O)(O)O)OC)c2nc(N)[nH]c(=O)c12. The van der Waals surface area contributed by atoms with Crippen LogP contribution in [0.15, 0.2) is 11.0 Å². The van der Waals surface area contributed by atoms with Gasteiger partial charge in [0.05, 0.1) is 30.6 Å². The largest absolute Gasteiger partial charge is 0.490 e. The van der Waals surface area contributed by atoms with E-state index in [0.29, 0.717) is 19.1 Å². The first kappa shape index (κ1) is 47.9. The number of H-pyrrole nitrogens is 1. The number of ether oxygens (including phenoxy) is 3. The van der Waals surface area contributed by atoms with E-state index in [-0.39, 0.29) is 41.6 Å². The summed E-state index contributed by atoms with van der Waals surface area (Å²) in [6.07, 6.45) is 3.62. The molecule has 2 aromatic heterocycles.